The van der Waals surface area contributed by atoms with Crippen molar-refractivity contribution < 1.29 is 4.79 Å². The first kappa shape index (κ1) is 13.1. The molecule has 18 heavy (non-hydrogen) atoms. The Kier molecular flexibility index (Phi) is 4.40. The maximum absolute atomic E-state index is 10.9. The summed E-state index contributed by atoms with van der Waals surface area (Å²) in [4.78, 5) is 10.9. The number of halogens is 2. The highest BCUT2D eigenvalue weighted by Crippen LogP contribution is 2.30. The Balaban J connectivity index is 2.41. The molecule has 0 amide bonds. The van der Waals surface area contributed by atoms with Gasteiger partial charge in [-0.1, -0.05) is 54.1 Å². The Morgan fingerprint density at radius 2 is 1.72 bits per heavy atom. The molecule has 0 aromatic heterocycles. The molecule has 0 aliphatic heterocycles. The Bertz CT molecular complexity index is 550. The van der Waals surface area contributed by atoms with Crippen LogP contribution in [0.5, 0.6) is 0 Å². The molecule has 0 saturated heterocycles. The summed E-state index contributed by atoms with van der Waals surface area (Å²) in [6.45, 7) is 0. The molecule has 0 N–H and O–H groups in total. The number of carbonyl (C=O) groups is 1. The van der Waals surface area contributed by atoms with E-state index in [4.69, 9.17) is 23.2 Å². The van der Waals surface area contributed by atoms with Crippen LogP contribution in [-0.4, -0.2) is 5.24 Å². The third-order valence-corrected chi connectivity index (χ3v) is 3.32. The van der Waals surface area contributed by atoms with Crippen LogP contribution >= 0.6 is 23.2 Å². The van der Waals surface area contributed by atoms with Gasteiger partial charge in [-0.15, -0.1) is 0 Å². The summed E-state index contributed by atoms with van der Waals surface area (Å²) in [7, 11) is 0. The van der Waals surface area contributed by atoms with Gasteiger partial charge < -0.3 is 0 Å². The van der Waals surface area contributed by atoms with Crippen molar-refractivity contribution in [3.05, 3.63) is 59.1 Å². The van der Waals surface area contributed by atoms with Crippen molar-refractivity contribution in [2.75, 3.05) is 0 Å². The van der Waals surface area contributed by atoms with Crippen molar-refractivity contribution in [2.45, 2.75) is 12.8 Å². The zero-order valence-electron chi connectivity index (χ0n) is 9.70. The molecule has 2 aromatic rings. The average molecular weight is 279 g/mol. The molecular formula is C15H12Cl2O. The maximum atomic E-state index is 10.9. The molecule has 0 aliphatic carbocycles. The standard InChI is InChI=1S/C15H12Cl2O/c16-14-8-4-7-12(11-5-2-1-3-6-11)13(14)9-10-15(17)18/h1-8H,9-10H2. The zero-order chi connectivity index (χ0) is 13.0. The smallest absolute Gasteiger partial charge is 0.221 e. The number of benzene rings is 2. The minimum Gasteiger partial charge on any atom is -0.281 e. The molecule has 0 unspecified atom stereocenters. The van der Waals surface area contributed by atoms with Crippen LogP contribution in [-0.2, 0) is 11.2 Å². The highest BCUT2D eigenvalue weighted by atomic mass is 35.5. The van der Waals surface area contributed by atoms with Crippen LogP contribution < -0.4 is 0 Å². The Labute approximate surface area is 116 Å². The quantitative estimate of drug-likeness (QED) is 0.741. The lowest BCUT2D eigenvalue weighted by atomic mass is 9.97. The van der Waals surface area contributed by atoms with Crippen LogP contribution in [0.2, 0.25) is 5.02 Å². The van der Waals surface area contributed by atoms with Gasteiger partial charge in [0.15, 0.2) is 0 Å². The van der Waals surface area contributed by atoms with Crippen LogP contribution in [0.1, 0.15) is 12.0 Å². The van der Waals surface area contributed by atoms with Gasteiger partial charge in [-0.3, -0.25) is 4.79 Å². The Morgan fingerprint density at radius 1 is 1.00 bits per heavy atom. The fourth-order valence-corrected chi connectivity index (χ4v) is 2.29. The molecule has 2 rings (SSSR count). The van der Waals surface area contributed by atoms with E-state index in [1.165, 1.54) is 0 Å². The first-order chi connectivity index (χ1) is 8.68. The van der Waals surface area contributed by atoms with E-state index in [0.717, 1.165) is 16.7 Å². The predicted molar refractivity (Wildman–Crippen MR) is 76.1 cm³/mol. The molecule has 3 heteroatoms. The van der Waals surface area contributed by atoms with Gasteiger partial charge in [0.05, 0.1) is 0 Å². The summed E-state index contributed by atoms with van der Waals surface area (Å²) in [5.41, 5.74) is 3.12. The average Bonchev–Trinajstić information content (AvgIpc) is 2.38. The monoisotopic (exact) mass is 278 g/mol. The van der Waals surface area contributed by atoms with Crippen molar-refractivity contribution >= 4 is 28.4 Å². The first-order valence-corrected chi connectivity index (χ1v) is 6.45. The molecule has 0 radical (unpaired) electrons. The van der Waals surface area contributed by atoms with E-state index in [2.05, 4.69) is 0 Å². The van der Waals surface area contributed by atoms with E-state index in [0.29, 0.717) is 17.9 Å². The normalized spacial score (nSPS) is 10.3. The summed E-state index contributed by atoms with van der Waals surface area (Å²) in [5, 5.41) is 0.336. The number of hydrogen-bond acceptors (Lipinski definition) is 1. The fourth-order valence-electron chi connectivity index (χ4n) is 1.92. The van der Waals surface area contributed by atoms with Gasteiger partial charge in [-0.25, -0.2) is 0 Å². The van der Waals surface area contributed by atoms with Gasteiger partial charge in [-0.2, -0.15) is 0 Å². The number of carbonyl (C=O) groups excluding carboxylic acids is 1. The molecule has 0 atom stereocenters. The predicted octanol–water partition coefficient (Wildman–Crippen LogP) is 4.71. The van der Waals surface area contributed by atoms with Crippen LogP contribution in [0.25, 0.3) is 11.1 Å². The topological polar surface area (TPSA) is 17.1 Å². The molecular weight excluding hydrogens is 267 g/mol. The van der Waals surface area contributed by atoms with E-state index in [1.54, 1.807) is 0 Å². The molecule has 92 valence electrons. The molecule has 0 fully saturated rings. The maximum Gasteiger partial charge on any atom is 0.221 e. The second kappa shape index (κ2) is 6.03. The van der Waals surface area contributed by atoms with Crippen molar-refractivity contribution in [1.29, 1.82) is 0 Å². The first-order valence-electron chi connectivity index (χ1n) is 5.69. The Morgan fingerprint density at radius 3 is 2.39 bits per heavy atom. The van der Waals surface area contributed by atoms with E-state index in [-0.39, 0.29) is 5.24 Å². The largest absolute Gasteiger partial charge is 0.281 e. The minimum atomic E-state index is -0.339. The summed E-state index contributed by atoms with van der Waals surface area (Å²) in [6, 6.07) is 15.7. The highest BCUT2D eigenvalue weighted by molar-refractivity contribution is 6.63. The van der Waals surface area contributed by atoms with E-state index in [9.17, 15) is 4.79 Å². The summed E-state index contributed by atoms with van der Waals surface area (Å²) in [5.74, 6) is 0. The third-order valence-electron chi connectivity index (χ3n) is 2.78. The lowest BCUT2D eigenvalue weighted by Gasteiger charge is -2.10. The lowest BCUT2D eigenvalue weighted by molar-refractivity contribution is -0.111. The Hall–Kier alpha value is -1.31. The SMILES string of the molecule is O=C(Cl)CCc1c(Cl)cccc1-c1ccccc1. The minimum absolute atomic E-state index is 0.297. The summed E-state index contributed by atoms with van der Waals surface area (Å²) >= 11 is 11.6. The molecule has 1 nitrogen and oxygen atoms in total. The molecule has 0 bridgehead atoms. The van der Waals surface area contributed by atoms with Gasteiger partial charge in [0.25, 0.3) is 0 Å². The van der Waals surface area contributed by atoms with Crippen LogP contribution in [0, 0.1) is 0 Å². The van der Waals surface area contributed by atoms with Crippen molar-refractivity contribution in [3.8, 4) is 11.1 Å². The van der Waals surface area contributed by atoms with E-state index < -0.39 is 0 Å². The van der Waals surface area contributed by atoms with Crippen LogP contribution in [0.4, 0.5) is 0 Å². The van der Waals surface area contributed by atoms with Gasteiger partial charge >= 0.3 is 0 Å². The lowest BCUT2D eigenvalue weighted by Crippen LogP contribution is -1.95. The highest BCUT2D eigenvalue weighted by Gasteiger charge is 2.10. The second-order valence-corrected chi connectivity index (χ2v) is 4.82. The van der Waals surface area contributed by atoms with Gasteiger partial charge in [0, 0.05) is 11.4 Å². The molecule has 0 heterocycles. The zero-order valence-corrected chi connectivity index (χ0v) is 11.2. The van der Waals surface area contributed by atoms with Crippen molar-refractivity contribution in [3.63, 3.8) is 0 Å². The van der Waals surface area contributed by atoms with E-state index in [1.807, 2.05) is 48.5 Å². The van der Waals surface area contributed by atoms with Gasteiger partial charge in [0.1, 0.15) is 0 Å². The summed E-state index contributed by atoms with van der Waals surface area (Å²) in [6.07, 6.45) is 0.858. The third kappa shape index (κ3) is 3.12. The van der Waals surface area contributed by atoms with Gasteiger partial charge in [0.2, 0.25) is 5.24 Å². The van der Waals surface area contributed by atoms with Crippen LogP contribution in [0.15, 0.2) is 48.5 Å². The number of rotatable bonds is 4. The van der Waals surface area contributed by atoms with Crippen LogP contribution in [0.3, 0.4) is 0 Å². The van der Waals surface area contributed by atoms with Crippen molar-refractivity contribution in [1.82, 2.24) is 0 Å². The molecule has 2 aromatic carbocycles. The second-order valence-electron chi connectivity index (χ2n) is 3.99. The number of hydrogen-bond donors (Lipinski definition) is 0. The fraction of sp³-hybridized carbons (Fsp3) is 0.133. The molecule has 0 spiro atoms. The van der Waals surface area contributed by atoms with E-state index >= 15 is 0 Å². The van der Waals surface area contributed by atoms with Gasteiger partial charge in [-0.05, 0) is 40.8 Å². The summed E-state index contributed by atoms with van der Waals surface area (Å²) < 4.78 is 0. The van der Waals surface area contributed by atoms with Crippen molar-refractivity contribution in [2.24, 2.45) is 0 Å². The molecule has 0 aliphatic rings. The molecule has 0 saturated carbocycles.